The first-order chi connectivity index (χ1) is 22.3. The summed E-state index contributed by atoms with van der Waals surface area (Å²) in [5, 5.41) is 0. The van der Waals surface area contributed by atoms with Crippen LogP contribution >= 0.6 is 0 Å². The number of hydrogen-bond acceptors (Lipinski definition) is 7. The summed E-state index contributed by atoms with van der Waals surface area (Å²) in [6.07, 6.45) is 14.5. The molecule has 2 aliphatic heterocycles. The third kappa shape index (κ3) is 12.1. The lowest BCUT2D eigenvalue weighted by molar-refractivity contribution is -0.146. The first kappa shape index (κ1) is 35.0. The van der Waals surface area contributed by atoms with Gasteiger partial charge in [0.1, 0.15) is 17.6 Å². The van der Waals surface area contributed by atoms with Crippen molar-refractivity contribution in [3.05, 3.63) is 119 Å². The third-order valence-electron chi connectivity index (χ3n) is 7.92. The van der Waals surface area contributed by atoms with Gasteiger partial charge in [0, 0.05) is 12.5 Å². The second-order valence-corrected chi connectivity index (χ2v) is 12.0. The van der Waals surface area contributed by atoms with Crippen LogP contribution in [-0.2, 0) is 37.0 Å². The predicted octanol–water partition coefficient (Wildman–Crippen LogP) is 8.01. The zero-order valence-corrected chi connectivity index (χ0v) is 27.6. The van der Waals surface area contributed by atoms with E-state index in [1.165, 1.54) is 11.6 Å². The minimum absolute atomic E-state index is 0.0358. The Labute approximate surface area is 274 Å². The molecule has 246 valence electrons. The molecule has 0 radical (unpaired) electrons. The van der Waals surface area contributed by atoms with Gasteiger partial charge in [-0.15, -0.1) is 0 Å². The molecule has 2 aromatic carbocycles. The van der Waals surface area contributed by atoms with E-state index in [1.54, 1.807) is 20.3 Å². The fraction of sp³-hybridized carbons (Fsp3) is 0.410. The van der Waals surface area contributed by atoms with Crippen LogP contribution in [0.2, 0.25) is 0 Å². The van der Waals surface area contributed by atoms with Crippen molar-refractivity contribution in [2.24, 2.45) is 0 Å². The Morgan fingerprint density at radius 2 is 1.52 bits per heavy atom. The number of hydrogen-bond donors (Lipinski definition) is 0. The summed E-state index contributed by atoms with van der Waals surface area (Å²) in [6, 6.07) is 15.6. The maximum absolute atomic E-state index is 12.9. The van der Waals surface area contributed by atoms with Crippen LogP contribution in [0.5, 0.6) is 11.5 Å². The molecule has 0 N–H and O–H groups in total. The first-order valence-corrected chi connectivity index (χ1v) is 15.9. The number of methoxy groups -OCH3 is 2. The van der Waals surface area contributed by atoms with Gasteiger partial charge in [0.05, 0.1) is 52.4 Å². The monoisotopic (exact) mass is 628 g/mol. The first-order valence-electron chi connectivity index (χ1n) is 15.9. The number of allylic oxidation sites excluding steroid dienone is 2. The van der Waals surface area contributed by atoms with Crippen molar-refractivity contribution in [3.63, 3.8) is 0 Å². The van der Waals surface area contributed by atoms with E-state index in [0.717, 1.165) is 53.0 Å². The van der Waals surface area contributed by atoms with E-state index >= 15 is 0 Å². The maximum atomic E-state index is 12.9. The van der Waals surface area contributed by atoms with E-state index in [0.29, 0.717) is 26.1 Å². The molecule has 1 saturated heterocycles. The average Bonchev–Trinajstić information content (AvgIpc) is 3.03. The van der Waals surface area contributed by atoms with Gasteiger partial charge in [-0.1, -0.05) is 77.9 Å². The minimum atomic E-state index is -0.447. The Kier molecular flexibility index (Phi) is 13.9. The Morgan fingerprint density at radius 1 is 0.848 bits per heavy atom. The van der Waals surface area contributed by atoms with Gasteiger partial charge in [-0.3, -0.25) is 0 Å². The molecule has 2 aliphatic rings. The average molecular weight is 629 g/mol. The summed E-state index contributed by atoms with van der Waals surface area (Å²) in [4.78, 5) is 12.9. The standard InChI is InChI=1S/C39H48O7/c1-28-8-6-11-39(40)46-38(27-43-25-31-12-16-33(41-4)17-13-31)24-30(3)23-37-22-29(2)21-36(45-37)10-7-9-35(20-28)44-26-32-14-18-34(42-5)19-15-32/h6-9,11-19,23,35-38H,2,10,20-22,24-27H2,1,3-5H3/b9-7+,11-6+,28-8-,30-23+/t35?,36-,37-,38-/m0/s1. The zero-order chi connectivity index (χ0) is 32.7. The normalized spacial score (nSPS) is 26.7. The molecule has 2 bridgehead atoms. The summed E-state index contributed by atoms with van der Waals surface area (Å²) in [5.74, 6) is 1.19. The molecule has 2 heterocycles. The van der Waals surface area contributed by atoms with Gasteiger partial charge in [-0.25, -0.2) is 4.79 Å². The Balaban J connectivity index is 1.47. The number of benzene rings is 2. The third-order valence-corrected chi connectivity index (χ3v) is 7.92. The Hall–Kier alpha value is -3.91. The van der Waals surface area contributed by atoms with Crippen molar-refractivity contribution < 1.29 is 33.2 Å². The lowest BCUT2D eigenvalue weighted by atomic mass is 9.95. The molecule has 0 amide bonds. The van der Waals surface area contributed by atoms with E-state index in [4.69, 9.17) is 28.4 Å². The highest BCUT2D eigenvalue weighted by molar-refractivity contribution is 5.82. The van der Waals surface area contributed by atoms with Crippen molar-refractivity contribution in [2.75, 3.05) is 20.8 Å². The number of rotatable bonds is 9. The van der Waals surface area contributed by atoms with Crippen LogP contribution in [0, 0.1) is 0 Å². The second-order valence-electron chi connectivity index (χ2n) is 12.0. The van der Waals surface area contributed by atoms with E-state index in [2.05, 4.69) is 24.8 Å². The highest BCUT2D eigenvalue weighted by Crippen LogP contribution is 2.28. The molecule has 1 unspecified atom stereocenters. The van der Waals surface area contributed by atoms with Gasteiger partial charge in [-0.2, -0.15) is 0 Å². The smallest absolute Gasteiger partial charge is 0.331 e. The Morgan fingerprint density at radius 3 is 2.20 bits per heavy atom. The van der Waals surface area contributed by atoms with Crippen molar-refractivity contribution in [3.8, 4) is 11.5 Å². The number of ether oxygens (including phenoxy) is 6. The highest BCUT2D eigenvalue weighted by atomic mass is 16.6. The fourth-order valence-corrected chi connectivity index (χ4v) is 5.55. The summed E-state index contributed by atoms with van der Waals surface area (Å²) in [7, 11) is 3.30. The summed E-state index contributed by atoms with van der Waals surface area (Å²) in [6.45, 7) is 9.53. The molecule has 1 fully saturated rings. The molecular weight excluding hydrogens is 580 g/mol. The van der Waals surface area contributed by atoms with Gasteiger partial charge in [-0.05, 0) is 74.9 Å². The lowest BCUT2D eigenvalue weighted by Gasteiger charge is -2.30. The molecule has 46 heavy (non-hydrogen) atoms. The van der Waals surface area contributed by atoms with Gasteiger partial charge < -0.3 is 28.4 Å². The molecule has 2 aromatic rings. The molecular formula is C39H48O7. The van der Waals surface area contributed by atoms with Crippen molar-refractivity contribution in [1.29, 1.82) is 0 Å². The molecule has 4 rings (SSSR count). The van der Waals surface area contributed by atoms with Crippen LogP contribution < -0.4 is 9.47 Å². The van der Waals surface area contributed by atoms with Crippen LogP contribution in [0.25, 0.3) is 0 Å². The van der Waals surface area contributed by atoms with Gasteiger partial charge in [0.15, 0.2) is 0 Å². The topological polar surface area (TPSA) is 72.5 Å². The predicted molar refractivity (Wildman–Crippen MR) is 181 cm³/mol. The fourth-order valence-electron chi connectivity index (χ4n) is 5.55. The van der Waals surface area contributed by atoms with Gasteiger partial charge in [0.2, 0.25) is 0 Å². The number of cyclic esters (lactones) is 1. The molecule has 0 spiro atoms. The zero-order valence-electron chi connectivity index (χ0n) is 27.6. The lowest BCUT2D eigenvalue weighted by Crippen LogP contribution is -2.28. The van der Waals surface area contributed by atoms with Crippen LogP contribution in [0.3, 0.4) is 0 Å². The van der Waals surface area contributed by atoms with Crippen LogP contribution in [0.15, 0.2) is 108 Å². The second kappa shape index (κ2) is 18.3. The molecule has 0 aliphatic carbocycles. The Bertz CT molecular complexity index is 1380. The quantitative estimate of drug-likeness (QED) is 0.206. The maximum Gasteiger partial charge on any atom is 0.331 e. The molecule has 0 aromatic heterocycles. The van der Waals surface area contributed by atoms with Crippen molar-refractivity contribution in [1.82, 2.24) is 0 Å². The van der Waals surface area contributed by atoms with Crippen LogP contribution in [-0.4, -0.2) is 51.2 Å². The van der Waals surface area contributed by atoms with Crippen molar-refractivity contribution in [2.45, 2.75) is 83.6 Å². The largest absolute Gasteiger partial charge is 0.497 e. The molecule has 7 heteroatoms. The van der Waals surface area contributed by atoms with Crippen LogP contribution in [0.1, 0.15) is 57.1 Å². The molecule has 0 saturated carbocycles. The number of esters is 1. The van der Waals surface area contributed by atoms with E-state index in [-0.39, 0.29) is 24.9 Å². The van der Waals surface area contributed by atoms with E-state index in [1.807, 2.05) is 68.5 Å². The van der Waals surface area contributed by atoms with E-state index in [9.17, 15) is 4.79 Å². The molecule has 7 nitrogen and oxygen atoms in total. The van der Waals surface area contributed by atoms with E-state index < -0.39 is 12.1 Å². The van der Waals surface area contributed by atoms with Crippen molar-refractivity contribution >= 4 is 5.97 Å². The summed E-state index contributed by atoms with van der Waals surface area (Å²) < 4.78 is 35.2. The molecule has 4 atom stereocenters. The van der Waals surface area contributed by atoms with Crippen LogP contribution in [0.4, 0.5) is 0 Å². The number of carbonyl (C=O) groups excluding carboxylic acids is 1. The summed E-state index contributed by atoms with van der Waals surface area (Å²) in [5.41, 5.74) is 5.41. The SMILES string of the molecule is C=C1C[C@@H]2C/C=C/C(OCc3ccc(OC)cc3)C/C(C)=C\C=C\C(=O)O[C@H](COCc3ccc(OC)cc3)C/C(C)=C/[C@H](C1)O2. The number of carbonyl (C=O) groups is 1. The summed E-state index contributed by atoms with van der Waals surface area (Å²) >= 11 is 0. The van der Waals surface area contributed by atoms with Gasteiger partial charge >= 0.3 is 5.97 Å². The highest BCUT2D eigenvalue weighted by Gasteiger charge is 2.24. The number of fused-ring (bicyclic) bond motifs is 2. The van der Waals surface area contributed by atoms with Gasteiger partial charge in [0.25, 0.3) is 0 Å². The minimum Gasteiger partial charge on any atom is -0.497 e.